The molecular weight excluding hydrogens is 432 g/mol. The third-order valence-corrected chi connectivity index (χ3v) is 5.45. The van der Waals surface area contributed by atoms with E-state index in [0.29, 0.717) is 24.3 Å². The monoisotopic (exact) mass is 470 g/mol. The van der Waals surface area contributed by atoms with Crippen LogP contribution >= 0.6 is 0 Å². The summed E-state index contributed by atoms with van der Waals surface area (Å²) in [6.07, 6.45) is 1.50. The number of benzene rings is 2. The second-order valence-corrected chi connectivity index (χ2v) is 10.4. The van der Waals surface area contributed by atoms with Crippen LogP contribution in [0.15, 0.2) is 36.4 Å². The molecule has 0 aromatic heterocycles. The molecule has 2 aromatic rings. The maximum Gasteiger partial charge on any atom is 0.311 e. The average Bonchev–Trinajstić information content (AvgIpc) is 2.75. The van der Waals surface area contributed by atoms with Crippen LogP contribution in [0.5, 0.6) is 23.0 Å². The van der Waals surface area contributed by atoms with Crippen molar-refractivity contribution < 1.29 is 28.5 Å². The van der Waals surface area contributed by atoms with Gasteiger partial charge in [-0.05, 0) is 60.1 Å². The zero-order chi connectivity index (χ0) is 25.5. The Bertz CT molecular complexity index is 913. The van der Waals surface area contributed by atoms with Crippen LogP contribution in [-0.4, -0.2) is 26.2 Å². The van der Waals surface area contributed by atoms with Crippen LogP contribution in [0.3, 0.4) is 0 Å². The van der Waals surface area contributed by atoms with Crippen molar-refractivity contribution in [2.24, 2.45) is 0 Å². The van der Waals surface area contributed by atoms with Gasteiger partial charge in [-0.25, -0.2) is 0 Å². The van der Waals surface area contributed by atoms with Crippen LogP contribution in [-0.2, 0) is 20.4 Å². The van der Waals surface area contributed by atoms with Crippen LogP contribution < -0.4 is 18.9 Å². The van der Waals surface area contributed by atoms with E-state index in [-0.39, 0.29) is 35.6 Å². The summed E-state index contributed by atoms with van der Waals surface area (Å²) in [6, 6.07) is 10.9. The second kappa shape index (κ2) is 11.4. The number of carbonyl (C=O) groups is 2. The van der Waals surface area contributed by atoms with Crippen molar-refractivity contribution in [3.63, 3.8) is 0 Å². The zero-order valence-electron chi connectivity index (χ0n) is 21.7. The van der Waals surface area contributed by atoms with E-state index < -0.39 is 0 Å². The Labute approximate surface area is 203 Å². The number of hydrogen-bond donors (Lipinski definition) is 0. The third kappa shape index (κ3) is 7.79. The van der Waals surface area contributed by atoms with Gasteiger partial charge >= 0.3 is 11.9 Å². The summed E-state index contributed by atoms with van der Waals surface area (Å²) in [5.41, 5.74) is 1.39. The molecule has 0 aliphatic carbocycles. The topological polar surface area (TPSA) is 71.1 Å². The Morgan fingerprint density at radius 1 is 0.647 bits per heavy atom. The highest BCUT2D eigenvalue weighted by Crippen LogP contribution is 2.35. The number of ether oxygens (including phenoxy) is 4. The van der Waals surface area contributed by atoms with E-state index in [2.05, 4.69) is 41.5 Å². The lowest BCUT2D eigenvalue weighted by atomic mass is 9.86. The fraction of sp³-hybridized carbons (Fsp3) is 0.500. The van der Waals surface area contributed by atoms with E-state index in [1.807, 2.05) is 12.1 Å². The largest absolute Gasteiger partial charge is 0.497 e. The molecule has 0 saturated heterocycles. The van der Waals surface area contributed by atoms with Gasteiger partial charge in [-0.1, -0.05) is 41.5 Å². The van der Waals surface area contributed by atoms with Gasteiger partial charge in [0.05, 0.1) is 14.2 Å². The number of methoxy groups -OCH3 is 2. The number of esters is 2. The van der Waals surface area contributed by atoms with Gasteiger partial charge in [-0.3, -0.25) is 9.59 Å². The van der Waals surface area contributed by atoms with Crippen molar-refractivity contribution in [1.29, 1.82) is 0 Å². The third-order valence-electron chi connectivity index (χ3n) is 5.45. The number of carbonyl (C=O) groups excluding carboxylic acids is 2. The molecule has 6 nitrogen and oxygen atoms in total. The molecule has 2 aromatic carbocycles. The Balaban J connectivity index is 1.89. The van der Waals surface area contributed by atoms with Crippen molar-refractivity contribution in [2.75, 3.05) is 14.2 Å². The first-order valence-electron chi connectivity index (χ1n) is 11.6. The molecule has 0 aliphatic heterocycles. The molecular formula is C28H38O6. The molecule has 6 heteroatoms. The molecule has 0 aliphatic rings. The quantitative estimate of drug-likeness (QED) is 0.241. The van der Waals surface area contributed by atoms with Crippen molar-refractivity contribution >= 4 is 11.9 Å². The summed E-state index contributed by atoms with van der Waals surface area (Å²) in [5, 5.41) is 0. The van der Waals surface area contributed by atoms with Gasteiger partial charge in [-0.2, -0.15) is 0 Å². The lowest BCUT2D eigenvalue weighted by Crippen LogP contribution is -2.17. The maximum absolute atomic E-state index is 12.4. The SMILES string of the molecule is COc1ccc(OC(=O)CCCCC(=O)Oc2ccc(OC)cc2C(C)(C)C)c(C(C)(C)C)c1. The first-order chi connectivity index (χ1) is 15.8. The molecule has 0 atom stereocenters. The predicted octanol–water partition coefficient (Wildman–Crippen LogP) is 6.37. The standard InChI is InChI=1S/C28H38O6/c1-27(2,3)21-17-19(31-7)13-15-23(21)33-25(29)11-9-10-12-26(30)34-24-16-14-20(32-8)18-22(24)28(4,5)6/h13-18H,9-12H2,1-8H3. The lowest BCUT2D eigenvalue weighted by Gasteiger charge is -2.23. The lowest BCUT2D eigenvalue weighted by molar-refractivity contribution is -0.136. The maximum atomic E-state index is 12.4. The van der Waals surface area contributed by atoms with Crippen molar-refractivity contribution in [2.45, 2.75) is 78.1 Å². The van der Waals surface area contributed by atoms with Gasteiger partial charge in [0.25, 0.3) is 0 Å². The summed E-state index contributed by atoms with van der Waals surface area (Å²) >= 11 is 0. The zero-order valence-corrected chi connectivity index (χ0v) is 21.7. The van der Waals surface area contributed by atoms with E-state index in [4.69, 9.17) is 18.9 Å². The minimum atomic E-state index is -0.325. The first kappa shape index (κ1) is 27.2. The molecule has 0 radical (unpaired) electrons. The molecule has 0 saturated carbocycles. The molecule has 0 amide bonds. The minimum Gasteiger partial charge on any atom is -0.497 e. The Kier molecular flexibility index (Phi) is 9.14. The van der Waals surface area contributed by atoms with Crippen LogP contribution in [0, 0.1) is 0 Å². The summed E-state index contributed by atoms with van der Waals surface area (Å²) in [5.74, 6) is 1.85. The van der Waals surface area contributed by atoms with Gasteiger partial charge in [-0.15, -0.1) is 0 Å². The molecule has 2 rings (SSSR count). The highest BCUT2D eigenvalue weighted by molar-refractivity contribution is 5.74. The fourth-order valence-electron chi connectivity index (χ4n) is 3.51. The van der Waals surface area contributed by atoms with Crippen LogP contribution in [0.25, 0.3) is 0 Å². The number of hydrogen-bond acceptors (Lipinski definition) is 6. The highest BCUT2D eigenvalue weighted by Gasteiger charge is 2.23. The summed E-state index contributed by atoms with van der Waals surface area (Å²) in [6.45, 7) is 12.3. The predicted molar refractivity (Wildman–Crippen MR) is 133 cm³/mol. The van der Waals surface area contributed by atoms with Crippen LogP contribution in [0.4, 0.5) is 0 Å². The molecule has 0 heterocycles. The average molecular weight is 471 g/mol. The first-order valence-corrected chi connectivity index (χ1v) is 11.6. The van der Waals surface area contributed by atoms with Crippen molar-refractivity contribution in [3.8, 4) is 23.0 Å². The summed E-state index contributed by atoms with van der Waals surface area (Å²) in [7, 11) is 3.22. The van der Waals surface area contributed by atoms with E-state index in [1.165, 1.54) is 0 Å². The van der Waals surface area contributed by atoms with Crippen molar-refractivity contribution in [3.05, 3.63) is 47.5 Å². The van der Waals surface area contributed by atoms with E-state index in [9.17, 15) is 9.59 Å². The van der Waals surface area contributed by atoms with E-state index >= 15 is 0 Å². The normalized spacial score (nSPS) is 11.6. The van der Waals surface area contributed by atoms with Crippen LogP contribution in [0.1, 0.15) is 78.4 Å². The molecule has 0 N–H and O–H groups in total. The molecule has 186 valence electrons. The second-order valence-electron chi connectivity index (χ2n) is 10.4. The van der Waals surface area contributed by atoms with E-state index in [1.54, 1.807) is 38.5 Å². The van der Waals surface area contributed by atoms with Gasteiger partial charge < -0.3 is 18.9 Å². The highest BCUT2D eigenvalue weighted by atomic mass is 16.5. The molecule has 0 bridgehead atoms. The summed E-state index contributed by atoms with van der Waals surface area (Å²) < 4.78 is 21.9. The van der Waals surface area contributed by atoms with Gasteiger partial charge in [0, 0.05) is 24.0 Å². The van der Waals surface area contributed by atoms with E-state index in [0.717, 1.165) is 22.6 Å². The van der Waals surface area contributed by atoms with Gasteiger partial charge in [0.1, 0.15) is 23.0 Å². The molecule has 0 unspecified atom stereocenters. The Morgan fingerprint density at radius 3 is 1.29 bits per heavy atom. The smallest absolute Gasteiger partial charge is 0.311 e. The molecule has 0 fully saturated rings. The fourth-order valence-corrected chi connectivity index (χ4v) is 3.51. The Hall–Kier alpha value is -3.02. The van der Waals surface area contributed by atoms with Crippen molar-refractivity contribution in [1.82, 2.24) is 0 Å². The van der Waals surface area contributed by atoms with Crippen LogP contribution in [0.2, 0.25) is 0 Å². The minimum absolute atomic E-state index is 0.207. The summed E-state index contributed by atoms with van der Waals surface area (Å²) in [4.78, 5) is 24.8. The van der Waals surface area contributed by atoms with Gasteiger partial charge in [0.15, 0.2) is 0 Å². The number of rotatable bonds is 9. The van der Waals surface area contributed by atoms with Gasteiger partial charge in [0.2, 0.25) is 0 Å². The Morgan fingerprint density at radius 2 is 1.00 bits per heavy atom. The number of unbranched alkanes of at least 4 members (excludes halogenated alkanes) is 1. The molecule has 0 spiro atoms. The molecule has 34 heavy (non-hydrogen) atoms.